The molecule has 188 valence electrons. The second-order valence-corrected chi connectivity index (χ2v) is 12.2. The van der Waals surface area contributed by atoms with Crippen LogP contribution in [0, 0.1) is 0 Å². The van der Waals surface area contributed by atoms with E-state index in [4.69, 9.17) is 153 Å². The fourth-order valence-corrected chi connectivity index (χ4v) is 6.16. The van der Waals surface area contributed by atoms with Gasteiger partial charge in [-0.25, -0.2) is 0 Å². The molecular formula is C18H3Cl12O4P. The van der Waals surface area contributed by atoms with Crippen molar-refractivity contribution in [1.29, 1.82) is 0 Å². The molecule has 0 spiro atoms. The molecule has 0 heterocycles. The Kier molecular flexibility index (Phi) is 10.3. The van der Waals surface area contributed by atoms with Crippen molar-refractivity contribution in [3.8, 4) is 17.2 Å². The van der Waals surface area contributed by atoms with Crippen molar-refractivity contribution in [2.75, 3.05) is 0 Å². The zero-order chi connectivity index (χ0) is 26.4. The molecule has 0 aliphatic rings. The highest BCUT2D eigenvalue weighted by Gasteiger charge is 2.38. The fourth-order valence-electron chi connectivity index (χ4n) is 2.27. The van der Waals surface area contributed by atoms with E-state index >= 15 is 0 Å². The number of phosphoric ester groups is 1. The third kappa shape index (κ3) is 6.50. The lowest BCUT2D eigenvalue weighted by Gasteiger charge is -2.22. The molecule has 0 unspecified atom stereocenters. The lowest BCUT2D eigenvalue weighted by molar-refractivity contribution is 0.298. The number of hydrogen-bond acceptors (Lipinski definition) is 4. The van der Waals surface area contributed by atoms with Crippen LogP contribution >= 0.6 is 147 Å². The van der Waals surface area contributed by atoms with Crippen molar-refractivity contribution in [2.45, 2.75) is 0 Å². The molecule has 0 N–H and O–H groups in total. The van der Waals surface area contributed by atoms with Crippen LogP contribution in [0.15, 0.2) is 18.2 Å². The summed E-state index contributed by atoms with van der Waals surface area (Å²) in [6.45, 7) is 0. The summed E-state index contributed by atoms with van der Waals surface area (Å²) in [7, 11) is -4.86. The van der Waals surface area contributed by atoms with Gasteiger partial charge in [-0.15, -0.1) is 0 Å². The molecule has 3 aromatic carbocycles. The molecule has 0 fully saturated rings. The Morgan fingerprint density at radius 3 is 0.857 bits per heavy atom. The van der Waals surface area contributed by atoms with E-state index in [1.54, 1.807) is 0 Å². The second-order valence-electron chi connectivity index (χ2n) is 6.12. The zero-order valence-corrected chi connectivity index (χ0v) is 25.8. The van der Waals surface area contributed by atoms with Gasteiger partial charge >= 0.3 is 7.82 Å². The first kappa shape index (κ1) is 30.3. The Bertz CT molecular complexity index is 1230. The second kappa shape index (κ2) is 11.9. The zero-order valence-electron chi connectivity index (χ0n) is 15.8. The van der Waals surface area contributed by atoms with Gasteiger partial charge in [0.15, 0.2) is 17.2 Å². The van der Waals surface area contributed by atoms with Crippen molar-refractivity contribution in [1.82, 2.24) is 0 Å². The van der Waals surface area contributed by atoms with Crippen LogP contribution in [-0.4, -0.2) is 0 Å². The number of benzene rings is 3. The Morgan fingerprint density at radius 1 is 0.400 bits per heavy atom. The largest absolute Gasteiger partial charge is 0.647 e. The average Bonchev–Trinajstić information content (AvgIpc) is 2.80. The maximum atomic E-state index is 13.9. The standard InChI is InChI=1S/C18H3Cl12O4P/c19-4-1-7(13(25)16(28)10(4)22)32-35(31,33-8-2-5(20)11(23)17(29)14(8)26)34-9-3-6(21)12(24)18(30)15(9)27/h1-3H. The third-order valence-corrected chi connectivity index (χ3v) is 10.3. The van der Waals surface area contributed by atoms with Gasteiger partial charge in [0.05, 0.1) is 45.2 Å². The molecule has 0 saturated carbocycles. The molecular weight excluding hydrogens is 737 g/mol. The minimum atomic E-state index is -4.86. The summed E-state index contributed by atoms with van der Waals surface area (Å²) in [6.07, 6.45) is 0. The summed E-state index contributed by atoms with van der Waals surface area (Å²) in [5, 5.41) is -1.93. The number of halogens is 12. The van der Waals surface area contributed by atoms with Crippen molar-refractivity contribution < 1.29 is 18.1 Å². The number of hydrogen-bond donors (Lipinski definition) is 0. The van der Waals surface area contributed by atoms with Crippen molar-refractivity contribution in [2.24, 2.45) is 0 Å². The summed E-state index contributed by atoms with van der Waals surface area (Å²) in [4.78, 5) is 0. The van der Waals surface area contributed by atoms with Gasteiger partial charge in [0.25, 0.3) is 0 Å². The highest BCUT2D eigenvalue weighted by atomic mass is 35.5. The quantitative estimate of drug-likeness (QED) is 0.143. The van der Waals surface area contributed by atoms with E-state index in [2.05, 4.69) is 0 Å². The average molecular weight is 740 g/mol. The Balaban J connectivity index is 2.18. The first-order valence-corrected chi connectivity index (χ1v) is 14.3. The molecule has 0 atom stereocenters. The predicted octanol–water partition coefficient (Wildman–Crippen LogP) is 13.2. The van der Waals surface area contributed by atoms with Crippen LogP contribution in [0.25, 0.3) is 0 Å². The maximum absolute atomic E-state index is 13.9. The van der Waals surface area contributed by atoms with Crippen LogP contribution < -0.4 is 13.6 Å². The van der Waals surface area contributed by atoms with Gasteiger partial charge in [-0.1, -0.05) is 139 Å². The Hall–Kier alpha value is 0.770. The van der Waals surface area contributed by atoms with Crippen molar-refractivity contribution >= 4 is 147 Å². The van der Waals surface area contributed by atoms with E-state index in [0.29, 0.717) is 0 Å². The van der Waals surface area contributed by atoms with Crippen molar-refractivity contribution in [3.05, 3.63) is 78.5 Å². The van der Waals surface area contributed by atoms with Gasteiger partial charge in [0, 0.05) is 18.2 Å². The topological polar surface area (TPSA) is 44.8 Å². The Morgan fingerprint density at radius 2 is 0.629 bits per heavy atom. The highest BCUT2D eigenvalue weighted by Crippen LogP contribution is 2.57. The third-order valence-electron chi connectivity index (χ3n) is 3.84. The summed E-state index contributed by atoms with van der Waals surface area (Å²) in [5.74, 6) is -1.04. The molecule has 35 heavy (non-hydrogen) atoms. The first-order valence-electron chi connectivity index (χ1n) is 8.34. The van der Waals surface area contributed by atoms with Crippen LogP contribution in [0.4, 0.5) is 0 Å². The van der Waals surface area contributed by atoms with Gasteiger partial charge in [-0.2, -0.15) is 4.57 Å². The summed E-state index contributed by atoms with van der Waals surface area (Å²) in [5.41, 5.74) is 0. The predicted molar refractivity (Wildman–Crippen MR) is 149 cm³/mol. The molecule has 0 aliphatic carbocycles. The van der Waals surface area contributed by atoms with Gasteiger partial charge in [0.1, 0.15) is 15.1 Å². The van der Waals surface area contributed by atoms with E-state index in [1.807, 2.05) is 0 Å². The summed E-state index contributed by atoms with van der Waals surface area (Å²) in [6, 6.07) is 3.35. The highest BCUT2D eigenvalue weighted by molar-refractivity contribution is 7.49. The molecule has 3 aromatic rings. The van der Waals surface area contributed by atoms with Gasteiger partial charge < -0.3 is 13.6 Å². The maximum Gasteiger partial charge on any atom is 0.647 e. The van der Waals surface area contributed by atoms with E-state index in [1.165, 1.54) is 0 Å². The first-order chi connectivity index (χ1) is 16.2. The van der Waals surface area contributed by atoms with Crippen LogP contribution in [0.1, 0.15) is 0 Å². The summed E-state index contributed by atoms with van der Waals surface area (Å²) >= 11 is 72.8. The molecule has 3 rings (SSSR count). The van der Waals surface area contributed by atoms with Crippen LogP contribution in [0.3, 0.4) is 0 Å². The monoisotopic (exact) mass is 734 g/mol. The number of phosphoric acid groups is 1. The van der Waals surface area contributed by atoms with Gasteiger partial charge in [-0.3, -0.25) is 0 Å². The van der Waals surface area contributed by atoms with Crippen LogP contribution in [0.2, 0.25) is 60.3 Å². The minimum absolute atomic E-state index is 0.0824. The Labute approximate surface area is 258 Å². The molecule has 0 aromatic heterocycles. The van der Waals surface area contributed by atoms with Gasteiger partial charge in [0.2, 0.25) is 0 Å². The lowest BCUT2D eigenvalue weighted by Crippen LogP contribution is -2.09. The lowest BCUT2D eigenvalue weighted by atomic mass is 10.3. The molecule has 17 heteroatoms. The van der Waals surface area contributed by atoms with E-state index < -0.39 is 7.82 Å². The van der Waals surface area contributed by atoms with Crippen molar-refractivity contribution in [3.63, 3.8) is 0 Å². The molecule has 0 saturated heterocycles. The normalized spacial score (nSPS) is 11.5. The molecule has 0 radical (unpaired) electrons. The summed E-state index contributed by atoms with van der Waals surface area (Å²) < 4.78 is 30.4. The van der Waals surface area contributed by atoms with Gasteiger partial charge in [-0.05, 0) is 0 Å². The fraction of sp³-hybridized carbons (Fsp3) is 0. The minimum Gasteiger partial charge on any atom is -0.384 e. The molecule has 0 bridgehead atoms. The van der Waals surface area contributed by atoms with E-state index in [-0.39, 0.29) is 77.5 Å². The molecule has 0 amide bonds. The molecule has 0 aliphatic heterocycles. The molecule has 4 nitrogen and oxygen atoms in total. The smallest absolute Gasteiger partial charge is 0.384 e. The van der Waals surface area contributed by atoms with E-state index in [9.17, 15) is 4.57 Å². The van der Waals surface area contributed by atoms with E-state index in [0.717, 1.165) is 18.2 Å². The SMILES string of the molecule is O=P(Oc1cc(Cl)c(Cl)c(Cl)c1Cl)(Oc1cc(Cl)c(Cl)c(Cl)c1Cl)Oc1cc(Cl)c(Cl)c(Cl)c1Cl. The van der Waals surface area contributed by atoms with Crippen LogP contribution in [0.5, 0.6) is 17.2 Å². The number of rotatable bonds is 6. The van der Waals surface area contributed by atoms with Crippen LogP contribution in [-0.2, 0) is 4.57 Å².